The van der Waals surface area contributed by atoms with E-state index in [1.54, 1.807) is 4.90 Å². The first-order chi connectivity index (χ1) is 12.5. The van der Waals surface area contributed by atoms with Gasteiger partial charge in [-0.15, -0.1) is 0 Å². The van der Waals surface area contributed by atoms with Gasteiger partial charge in [0.25, 0.3) is 5.91 Å². The van der Waals surface area contributed by atoms with Gasteiger partial charge in [-0.3, -0.25) is 4.79 Å². The Morgan fingerprint density at radius 3 is 2.54 bits per heavy atom. The Kier molecular flexibility index (Phi) is 4.23. The fourth-order valence-corrected chi connectivity index (χ4v) is 4.01. The zero-order valence-electron chi connectivity index (χ0n) is 14.6. The average molecular weight is 354 g/mol. The van der Waals surface area contributed by atoms with Gasteiger partial charge < -0.3 is 9.88 Å². The molecule has 1 fully saturated rings. The molecule has 3 nitrogen and oxygen atoms in total. The average Bonchev–Trinajstić information content (AvgIpc) is 2.99. The van der Waals surface area contributed by atoms with Crippen LogP contribution in [0.3, 0.4) is 0 Å². The molecule has 3 aromatic rings. The van der Waals surface area contributed by atoms with E-state index in [-0.39, 0.29) is 11.5 Å². The maximum atomic E-state index is 13.4. The third-order valence-corrected chi connectivity index (χ3v) is 5.30. The molecule has 0 bridgehead atoms. The van der Waals surface area contributed by atoms with Gasteiger partial charge in [0.2, 0.25) is 0 Å². The molecule has 0 saturated carbocycles. The number of nitrogens with one attached hydrogen (secondary N) is 1. The second-order valence-electron chi connectivity index (χ2n) is 6.90. The fraction of sp³-hybridized carbons (Fsp3) is 0.286. The van der Waals surface area contributed by atoms with Crippen molar-refractivity contribution >= 4 is 16.8 Å². The third kappa shape index (κ3) is 2.87. The Hall–Kier alpha value is -2.69. The number of carbonyl (C=O) groups excluding carboxylic acids is 1. The van der Waals surface area contributed by atoms with Crippen molar-refractivity contribution in [3.8, 4) is 0 Å². The van der Waals surface area contributed by atoms with Gasteiger partial charge in [-0.1, -0.05) is 18.2 Å². The fourth-order valence-electron chi connectivity index (χ4n) is 4.01. The van der Waals surface area contributed by atoms with E-state index in [2.05, 4.69) is 24.0 Å². The molecule has 5 heteroatoms. The molecule has 0 spiro atoms. The summed E-state index contributed by atoms with van der Waals surface area (Å²) in [6.07, 6.45) is 1.72. The van der Waals surface area contributed by atoms with Crippen molar-refractivity contribution in [2.75, 3.05) is 13.1 Å². The lowest BCUT2D eigenvalue weighted by Crippen LogP contribution is -2.38. The molecule has 1 saturated heterocycles. The molecule has 1 aliphatic heterocycles. The van der Waals surface area contributed by atoms with Gasteiger partial charge in [-0.2, -0.15) is 0 Å². The summed E-state index contributed by atoms with van der Waals surface area (Å²) in [5.74, 6) is -1.77. The number of aromatic nitrogens is 1. The van der Waals surface area contributed by atoms with Crippen molar-refractivity contribution in [3.63, 3.8) is 0 Å². The van der Waals surface area contributed by atoms with Crippen LogP contribution in [0.1, 0.15) is 40.4 Å². The number of benzene rings is 2. The van der Waals surface area contributed by atoms with Crippen LogP contribution in [0.4, 0.5) is 8.78 Å². The van der Waals surface area contributed by atoms with Crippen LogP contribution in [0.5, 0.6) is 0 Å². The number of piperidine rings is 1. The molecular formula is C21H20F2N2O. The Morgan fingerprint density at radius 1 is 1.08 bits per heavy atom. The third-order valence-electron chi connectivity index (χ3n) is 5.30. The number of amides is 1. The van der Waals surface area contributed by atoms with E-state index in [9.17, 15) is 13.6 Å². The van der Waals surface area contributed by atoms with Crippen molar-refractivity contribution < 1.29 is 13.6 Å². The summed E-state index contributed by atoms with van der Waals surface area (Å²) < 4.78 is 26.5. The van der Waals surface area contributed by atoms with Crippen LogP contribution in [0, 0.1) is 18.6 Å². The van der Waals surface area contributed by atoms with Crippen LogP contribution in [-0.2, 0) is 0 Å². The molecule has 0 atom stereocenters. The van der Waals surface area contributed by atoms with Gasteiger partial charge >= 0.3 is 0 Å². The zero-order valence-corrected chi connectivity index (χ0v) is 14.6. The van der Waals surface area contributed by atoms with Crippen molar-refractivity contribution in [3.05, 3.63) is 70.9 Å². The standard InChI is InChI=1S/C21H20F2N2O/c1-13-20(16-4-2-3-5-19(16)24-13)14-8-10-25(11-9-14)21(26)15-6-7-17(22)18(23)12-15/h2-7,12,14,24H,8-11H2,1H3. The Labute approximate surface area is 150 Å². The Bertz CT molecular complexity index is 971. The molecular weight excluding hydrogens is 334 g/mol. The first-order valence-corrected chi connectivity index (χ1v) is 8.86. The van der Waals surface area contributed by atoms with E-state index < -0.39 is 11.6 Å². The summed E-state index contributed by atoms with van der Waals surface area (Å²) in [7, 11) is 0. The highest BCUT2D eigenvalue weighted by atomic mass is 19.2. The van der Waals surface area contributed by atoms with Crippen molar-refractivity contribution in [2.45, 2.75) is 25.7 Å². The number of carbonyl (C=O) groups is 1. The molecule has 26 heavy (non-hydrogen) atoms. The quantitative estimate of drug-likeness (QED) is 0.707. The molecule has 0 unspecified atom stereocenters. The van der Waals surface area contributed by atoms with Crippen LogP contribution in [0.25, 0.3) is 10.9 Å². The topological polar surface area (TPSA) is 36.1 Å². The van der Waals surface area contributed by atoms with E-state index in [0.29, 0.717) is 19.0 Å². The number of fused-ring (bicyclic) bond motifs is 1. The number of aryl methyl sites for hydroxylation is 1. The zero-order chi connectivity index (χ0) is 18.3. The molecule has 1 N–H and O–H groups in total. The van der Waals surface area contributed by atoms with Gasteiger partial charge in [-0.05, 0) is 55.5 Å². The molecule has 1 aromatic heterocycles. The highest BCUT2D eigenvalue weighted by Gasteiger charge is 2.27. The number of halogens is 2. The first kappa shape index (κ1) is 16.8. The monoisotopic (exact) mass is 354 g/mol. The lowest BCUT2D eigenvalue weighted by molar-refractivity contribution is 0.0712. The smallest absolute Gasteiger partial charge is 0.253 e. The molecule has 1 aliphatic rings. The minimum absolute atomic E-state index is 0.200. The maximum absolute atomic E-state index is 13.4. The molecule has 1 amide bonds. The number of likely N-dealkylation sites (tertiary alicyclic amines) is 1. The molecule has 0 radical (unpaired) electrons. The summed E-state index contributed by atoms with van der Waals surface area (Å²) in [4.78, 5) is 17.7. The summed E-state index contributed by atoms with van der Waals surface area (Å²) in [5.41, 5.74) is 3.85. The summed E-state index contributed by atoms with van der Waals surface area (Å²) in [6, 6.07) is 11.6. The minimum atomic E-state index is -0.986. The second kappa shape index (κ2) is 6.56. The first-order valence-electron chi connectivity index (χ1n) is 8.86. The number of hydrogen-bond acceptors (Lipinski definition) is 1. The van der Waals surface area contributed by atoms with E-state index in [0.717, 1.165) is 30.5 Å². The number of H-pyrrole nitrogens is 1. The van der Waals surface area contributed by atoms with Crippen LogP contribution < -0.4 is 0 Å². The van der Waals surface area contributed by atoms with E-state index in [1.807, 2.05) is 12.1 Å². The lowest BCUT2D eigenvalue weighted by Gasteiger charge is -2.32. The van der Waals surface area contributed by atoms with Crippen molar-refractivity contribution in [1.82, 2.24) is 9.88 Å². The lowest BCUT2D eigenvalue weighted by atomic mass is 9.87. The van der Waals surface area contributed by atoms with Crippen LogP contribution >= 0.6 is 0 Å². The molecule has 2 aromatic carbocycles. The predicted octanol–water partition coefficient (Wildman–Crippen LogP) is 4.77. The normalized spacial score (nSPS) is 15.6. The number of para-hydroxylation sites is 1. The van der Waals surface area contributed by atoms with E-state index >= 15 is 0 Å². The summed E-state index contributed by atoms with van der Waals surface area (Å²) >= 11 is 0. The maximum Gasteiger partial charge on any atom is 0.253 e. The molecule has 2 heterocycles. The Morgan fingerprint density at radius 2 is 1.81 bits per heavy atom. The molecule has 0 aliphatic carbocycles. The second-order valence-corrected chi connectivity index (χ2v) is 6.90. The van der Waals surface area contributed by atoms with Crippen LogP contribution in [-0.4, -0.2) is 28.9 Å². The van der Waals surface area contributed by atoms with Crippen molar-refractivity contribution in [1.29, 1.82) is 0 Å². The van der Waals surface area contributed by atoms with Crippen molar-refractivity contribution in [2.24, 2.45) is 0 Å². The SMILES string of the molecule is Cc1[nH]c2ccccc2c1C1CCN(C(=O)c2ccc(F)c(F)c2)CC1. The highest BCUT2D eigenvalue weighted by molar-refractivity contribution is 5.94. The van der Waals surface area contributed by atoms with Gasteiger partial charge in [0, 0.05) is 35.2 Å². The van der Waals surface area contributed by atoms with Gasteiger partial charge in [0.05, 0.1) is 0 Å². The largest absolute Gasteiger partial charge is 0.358 e. The Balaban J connectivity index is 1.51. The number of nitrogens with zero attached hydrogens (tertiary/aromatic N) is 1. The summed E-state index contributed by atoms with van der Waals surface area (Å²) in [5, 5.41) is 1.25. The highest BCUT2D eigenvalue weighted by Crippen LogP contribution is 2.35. The number of hydrogen-bond donors (Lipinski definition) is 1. The van der Waals surface area contributed by atoms with E-state index in [4.69, 9.17) is 0 Å². The minimum Gasteiger partial charge on any atom is -0.358 e. The van der Waals surface area contributed by atoms with Gasteiger partial charge in [0.15, 0.2) is 11.6 Å². The van der Waals surface area contributed by atoms with Crippen LogP contribution in [0.2, 0.25) is 0 Å². The number of aromatic amines is 1. The van der Waals surface area contributed by atoms with Crippen LogP contribution in [0.15, 0.2) is 42.5 Å². The predicted molar refractivity (Wildman–Crippen MR) is 97.3 cm³/mol. The van der Waals surface area contributed by atoms with E-state index in [1.165, 1.54) is 22.7 Å². The van der Waals surface area contributed by atoms with Gasteiger partial charge in [0.1, 0.15) is 0 Å². The molecule has 134 valence electrons. The number of rotatable bonds is 2. The molecule has 4 rings (SSSR count). The van der Waals surface area contributed by atoms with Gasteiger partial charge in [-0.25, -0.2) is 8.78 Å². The summed E-state index contributed by atoms with van der Waals surface area (Å²) in [6.45, 7) is 3.32.